The number of nitrogens with zero attached hydrogens (tertiary/aromatic N) is 1. The first-order valence-corrected chi connectivity index (χ1v) is 7.68. The van der Waals surface area contributed by atoms with Gasteiger partial charge in [0.2, 0.25) is 0 Å². The van der Waals surface area contributed by atoms with Crippen LogP contribution in [0.3, 0.4) is 0 Å². The summed E-state index contributed by atoms with van der Waals surface area (Å²) in [6, 6.07) is 15.9. The second-order valence-electron chi connectivity index (χ2n) is 6.57. The zero-order valence-electron chi connectivity index (χ0n) is 14.4. The van der Waals surface area contributed by atoms with Crippen LogP contribution in [0, 0.1) is 13.8 Å². The van der Waals surface area contributed by atoms with E-state index < -0.39 is 11.7 Å². The van der Waals surface area contributed by atoms with E-state index in [1.54, 1.807) is 5.01 Å². The maximum atomic E-state index is 12.2. The Bertz CT molecular complexity index is 673. The molecule has 23 heavy (non-hydrogen) atoms. The molecule has 0 aromatic heterocycles. The molecule has 0 bridgehead atoms. The number of benzene rings is 2. The van der Waals surface area contributed by atoms with E-state index in [-0.39, 0.29) is 0 Å². The summed E-state index contributed by atoms with van der Waals surface area (Å²) in [5.74, 6) is 0. The van der Waals surface area contributed by atoms with Gasteiger partial charge in [0, 0.05) is 0 Å². The fourth-order valence-corrected chi connectivity index (χ4v) is 2.16. The molecule has 2 aromatic rings. The van der Waals surface area contributed by atoms with Crippen molar-refractivity contribution in [2.45, 2.75) is 40.2 Å². The Balaban J connectivity index is 2.34. The van der Waals surface area contributed by atoms with Crippen molar-refractivity contribution in [3.05, 3.63) is 59.7 Å². The molecule has 1 N–H and O–H groups in total. The number of aryl methyl sites for hydroxylation is 2. The van der Waals surface area contributed by atoms with Gasteiger partial charge in [0.1, 0.15) is 5.60 Å². The number of anilines is 2. The highest BCUT2D eigenvalue weighted by molar-refractivity contribution is 5.76. The van der Waals surface area contributed by atoms with E-state index >= 15 is 0 Å². The molecule has 2 aromatic carbocycles. The lowest BCUT2D eigenvalue weighted by atomic mass is 10.1. The van der Waals surface area contributed by atoms with E-state index in [0.29, 0.717) is 0 Å². The Hall–Kier alpha value is -2.49. The van der Waals surface area contributed by atoms with E-state index in [9.17, 15) is 4.79 Å². The van der Waals surface area contributed by atoms with Crippen molar-refractivity contribution >= 4 is 17.5 Å². The van der Waals surface area contributed by atoms with E-state index in [1.165, 1.54) is 0 Å². The molecule has 0 saturated heterocycles. The number of carbonyl (C=O) groups is 1. The Morgan fingerprint density at radius 1 is 1.00 bits per heavy atom. The Morgan fingerprint density at radius 2 is 1.61 bits per heavy atom. The number of ether oxygens (including phenoxy) is 1. The van der Waals surface area contributed by atoms with E-state index in [0.717, 1.165) is 22.5 Å². The van der Waals surface area contributed by atoms with Crippen molar-refractivity contribution in [2.75, 3.05) is 5.01 Å². The molecule has 0 spiro atoms. The number of carbonyl (C=O) groups excluding carboxylic acids is 1. The van der Waals surface area contributed by atoms with Crippen LogP contribution >= 0.6 is 0 Å². The standard InChI is InChI=1S/C19H24N2O2/c1-14-10-12-16(13-11-14)21(17-9-7-6-8-15(17)2)20-18(22)23-19(3,4)5/h6-13H,1-5H3,(H,20,22). The maximum Gasteiger partial charge on any atom is 0.426 e. The Morgan fingerprint density at radius 3 is 2.17 bits per heavy atom. The molecule has 0 aliphatic rings. The van der Waals surface area contributed by atoms with Gasteiger partial charge in [-0.2, -0.15) is 0 Å². The lowest BCUT2D eigenvalue weighted by Crippen LogP contribution is -2.42. The fraction of sp³-hybridized carbons (Fsp3) is 0.316. The van der Waals surface area contributed by atoms with Crippen LogP contribution in [0.25, 0.3) is 0 Å². The third-order valence-corrected chi connectivity index (χ3v) is 3.25. The monoisotopic (exact) mass is 312 g/mol. The summed E-state index contributed by atoms with van der Waals surface area (Å²) in [5, 5.41) is 1.75. The summed E-state index contributed by atoms with van der Waals surface area (Å²) in [5.41, 5.74) is 6.29. The van der Waals surface area contributed by atoms with Crippen molar-refractivity contribution in [3.8, 4) is 0 Å². The first-order chi connectivity index (χ1) is 10.8. The zero-order valence-corrected chi connectivity index (χ0v) is 14.4. The van der Waals surface area contributed by atoms with Crippen LogP contribution in [0.5, 0.6) is 0 Å². The van der Waals surface area contributed by atoms with Crippen molar-refractivity contribution in [1.82, 2.24) is 5.43 Å². The topological polar surface area (TPSA) is 41.6 Å². The number of hydrazine groups is 1. The first kappa shape index (κ1) is 16.9. The van der Waals surface area contributed by atoms with Gasteiger partial charge >= 0.3 is 6.09 Å². The van der Waals surface area contributed by atoms with Crippen LogP contribution in [0.2, 0.25) is 0 Å². The largest absolute Gasteiger partial charge is 0.443 e. The van der Waals surface area contributed by atoms with Crippen LogP contribution in [0.4, 0.5) is 16.2 Å². The van der Waals surface area contributed by atoms with Gasteiger partial charge in [-0.05, 0) is 58.4 Å². The molecule has 4 nitrogen and oxygen atoms in total. The smallest absolute Gasteiger partial charge is 0.426 e. The minimum absolute atomic E-state index is 0.485. The number of rotatable bonds is 3. The number of nitrogens with one attached hydrogen (secondary N) is 1. The van der Waals surface area contributed by atoms with Gasteiger partial charge in [-0.15, -0.1) is 0 Å². The highest BCUT2D eigenvalue weighted by Gasteiger charge is 2.20. The molecule has 122 valence electrons. The molecule has 2 rings (SSSR count). The summed E-state index contributed by atoms with van der Waals surface area (Å²) in [6.45, 7) is 9.57. The van der Waals surface area contributed by atoms with Crippen LogP contribution < -0.4 is 10.4 Å². The average Bonchev–Trinajstić information content (AvgIpc) is 2.45. The molecule has 0 heterocycles. The molecule has 0 aliphatic heterocycles. The molecule has 0 aliphatic carbocycles. The summed E-state index contributed by atoms with van der Waals surface area (Å²) < 4.78 is 5.38. The second kappa shape index (κ2) is 6.73. The second-order valence-corrected chi connectivity index (χ2v) is 6.57. The highest BCUT2D eigenvalue weighted by Crippen LogP contribution is 2.26. The Kier molecular flexibility index (Phi) is 4.94. The molecule has 0 radical (unpaired) electrons. The van der Waals surface area contributed by atoms with Crippen LogP contribution in [0.15, 0.2) is 48.5 Å². The molecule has 1 amide bonds. The van der Waals surface area contributed by atoms with Gasteiger partial charge in [-0.3, -0.25) is 5.01 Å². The number of amides is 1. The molecule has 0 fully saturated rings. The lowest BCUT2D eigenvalue weighted by molar-refractivity contribution is 0.0528. The lowest BCUT2D eigenvalue weighted by Gasteiger charge is -2.28. The van der Waals surface area contributed by atoms with Gasteiger partial charge in [0.15, 0.2) is 0 Å². The van der Waals surface area contributed by atoms with Crippen molar-refractivity contribution in [1.29, 1.82) is 0 Å². The predicted molar refractivity (Wildman–Crippen MR) is 93.9 cm³/mol. The fourth-order valence-electron chi connectivity index (χ4n) is 2.16. The highest BCUT2D eigenvalue weighted by atomic mass is 16.6. The number of hydrogen-bond acceptors (Lipinski definition) is 3. The minimum Gasteiger partial charge on any atom is -0.443 e. The van der Waals surface area contributed by atoms with Gasteiger partial charge < -0.3 is 4.74 Å². The van der Waals surface area contributed by atoms with Crippen LogP contribution in [-0.2, 0) is 4.74 Å². The summed E-state index contributed by atoms with van der Waals surface area (Å²) in [7, 11) is 0. The van der Waals surface area contributed by atoms with Crippen LogP contribution in [-0.4, -0.2) is 11.7 Å². The minimum atomic E-state index is -0.547. The molecule has 4 heteroatoms. The predicted octanol–water partition coefficient (Wildman–Crippen LogP) is 4.88. The summed E-state index contributed by atoms with van der Waals surface area (Å²) >= 11 is 0. The maximum absolute atomic E-state index is 12.2. The van der Waals surface area contributed by atoms with Gasteiger partial charge in [0.25, 0.3) is 0 Å². The number of hydrogen-bond donors (Lipinski definition) is 1. The van der Waals surface area contributed by atoms with Crippen molar-refractivity contribution < 1.29 is 9.53 Å². The molecular formula is C19H24N2O2. The van der Waals surface area contributed by atoms with Gasteiger partial charge in [0.05, 0.1) is 11.4 Å². The Labute approximate surface area is 138 Å². The zero-order chi connectivity index (χ0) is 17.0. The molecule has 0 atom stereocenters. The SMILES string of the molecule is Cc1ccc(N(NC(=O)OC(C)(C)C)c2ccccc2C)cc1. The third-order valence-electron chi connectivity index (χ3n) is 3.25. The molecule has 0 unspecified atom stereocenters. The van der Waals surface area contributed by atoms with Crippen molar-refractivity contribution in [3.63, 3.8) is 0 Å². The van der Waals surface area contributed by atoms with E-state index in [4.69, 9.17) is 4.74 Å². The van der Waals surface area contributed by atoms with E-state index in [1.807, 2.05) is 83.1 Å². The van der Waals surface area contributed by atoms with Crippen molar-refractivity contribution in [2.24, 2.45) is 0 Å². The van der Waals surface area contributed by atoms with Crippen LogP contribution in [0.1, 0.15) is 31.9 Å². The normalized spacial score (nSPS) is 11.0. The van der Waals surface area contributed by atoms with Gasteiger partial charge in [-0.1, -0.05) is 35.9 Å². The third kappa shape index (κ3) is 4.74. The average molecular weight is 312 g/mol. The van der Waals surface area contributed by atoms with E-state index in [2.05, 4.69) is 5.43 Å². The van der Waals surface area contributed by atoms with Gasteiger partial charge in [-0.25, -0.2) is 10.2 Å². The first-order valence-electron chi connectivity index (χ1n) is 7.68. The summed E-state index contributed by atoms with van der Waals surface area (Å²) in [4.78, 5) is 12.2. The molecular weight excluding hydrogens is 288 g/mol. The number of para-hydroxylation sites is 1. The quantitative estimate of drug-likeness (QED) is 0.821. The summed E-state index contributed by atoms with van der Waals surface area (Å²) in [6.07, 6.45) is -0.485. The molecule has 0 saturated carbocycles.